The normalized spacial score (nSPS) is 27.2. The third kappa shape index (κ3) is 6.30. The third-order valence-electron chi connectivity index (χ3n) is 5.00. The van der Waals surface area contributed by atoms with E-state index in [9.17, 15) is 24.6 Å². The highest BCUT2D eigenvalue weighted by Gasteiger charge is 2.57. The number of aliphatic hydroxyl groups is 2. The molecule has 9 heteroatoms. The van der Waals surface area contributed by atoms with Gasteiger partial charge in [0.25, 0.3) is 6.29 Å². The van der Waals surface area contributed by atoms with Gasteiger partial charge in [-0.2, -0.15) is 0 Å². The Kier molecular flexibility index (Phi) is 8.25. The second-order valence-corrected chi connectivity index (χ2v) is 8.81. The van der Waals surface area contributed by atoms with Gasteiger partial charge < -0.3 is 29.2 Å². The van der Waals surface area contributed by atoms with E-state index in [1.54, 1.807) is 0 Å². The molecule has 0 bridgehead atoms. The van der Waals surface area contributed by atoms with Crippen molar-refractivity contribution >= 4 is 17.9 Å². The number of carbonyl (C=O) groups excluding carboxylic acids is 3. The number of rotatable bonds is 9. The van der Waals surface area contributed by atoms with E-state index in [1.165, 1.54) is 19.3 Å². The van der Waals surface area contributed by atoms with Gasteiger partial charge in [-0.1, -0.05) is 27.7 Å². The zero-order chi connectivity index (χ0) is 23.3. The summed E-state index contributed by atoms with van der Waals surface area (Å²) in [7, 11) is 0. The lowest BCUT2D eigenvalue weighted by Crippen LogP contribution is -2.54. The molecule has 0 aromatic carbocycles. The molecule has 31 heavy (non-hydrogen) atoms. The molecule has 1 aliphatic carbocycles. The quantitative estimate of drug-likeness (QED) is 0.406. The molecule has 2 N–H and O–H groups in total. The average Bonchev–Trinajstić information content (AvgIpc) is 2.90. The van der Waals surface area contributed by atoms with Gasteiger partial charge in [0.15, 0.2) is 0 Å². The summed E-state index contributed by atoms with van der Waals surface area (Å²) in [6, 6.07) is 0. The summed E-state index contributed by atoms with van der Waals surface area (Å²) in [5.41, 5.74) is -1.18. The van der Waals surface area contributed by atoms with Gasteiger partial charge in [0.05, 0.1) is 12.2 Å². The average molecular weight is 440 g/mol. The van der Waals surface area contributed by atoms with Crippen molar-refractivity contribution in [2.24, 2.45) is 17.8 Å². The minimum atomic E-state index is -1.99. The van der Waals surface area contributed by atoms with Crippen LogP contribution in [0.4, 0.5) is 0 Å². The molecule has 0 spiro atoms. The molecule has 9 nitrogen and oxygen atoms in total. The molecule has 2 aliphatic rings. The maximum Gasteiger partial charge on any atom is 0.309 e. The predicted octanol–water partition coefficient (Wildman–Crippen LogP) is 1.62. The van der Waals surface area contributed by atoms with Crippen LogP contribution in [0.3, 0.4) is 0 Å². The SMILES string of the molecule is CC(=O)OCC1=CO[C@@H](OC(=O)CC(C)C)[C@H]2C1=C[C@H](O)[C@]2(O)COC(=O)CC(C)C. The predicted molar refractivity (Wildman–Crippen MR) is 108 cm³/mol. The van der Waals surface area contributed by atoms with Gasteiger partial charge in [0.2, 0.25) is 0 Å². The molecule has 0 unspecified atom stereocenters. The Morgan fingerprint density at radius 3 is 2.29 bits per heavy atom. The van der Waals surface area contributed by atoms with Gasteiger partial charge in [-0.3, -0.25) is 14.4 Å². The molecule has 0 radical (unpaired) electrons. The van der Waals surface area contributed by atoms with Crippen molar-refractivity contribution in [1.82, 2.24) is 0 Å². The van der Waals surface area contributed by atoms with Crippen LogP contribution in [0.1, 0.15) is 47.5 Å². The summed E-state index contributed by atoms with van der Waals surface area (Å²) in [6.07, 6.45) is 0.277. The molecule has 1 heterocycles. The fraction of sp³-hybridized carbons (Fsp3) is 0.682. The van der Waals surface area contributed by atoms with Crippen LogP contribution in [0, 0.1) is 17.8 Å². The van der Waals surface area contributed by atoms with Gasteiger partial charge in [-0.15, -0.1) is 0 Å². The maximum absolute atomic E-state index is 12.2. The molecular formula is C22H32O9. The summed E-state index contributed by atoms with van der Waals surface area (Å²) < 4.78 is 21.2. The fourth-order valence-electron chi connectivity index (χ4n) is 3.52. The summed E-state index contributed by atoms with van der Waals surface area (Å²) in [6.45, 7) is 7.99. The summed E-state index contributed by atoms with van der Waals surface area (Å²) in [4.78, 5) is 35.5. The Labute approximate surface area is 182 Å². The second-order valence-electron chi connectivity index (χ2n) is 8.81. The lowest BCUT2D eigenvalue weighted by molar-refractivity contribution is -0.213. The number of aliphatic hydroxyl groups excluding tert-OH is 1. The summed E-state index contributed by atoms with van der Waals surface area (Å²) in [5.74, 6) is -2.50. The Hall–Kier alpha value is -2.39. The number of carbonyl (C=O) groups is 3. The van der Waals surface area contributed by atoms with Crippen LogP contribution in [0.25, 0.3) is 0 Å². The first-order valence-corrected chi connectivity index (χ1v) is 10.4. The van der Waals surface area contributed by atoms with E-state index in [1.807, 2.05) is 27.7 Å². The molecule has 0 fully saturated rings. The van der Waals surface area contributed by atoms with Crippen molar-refractivity contribution in [1.29, 1.82) is 0 Å². The molecule has 0 saturated carbocycles. The van der Waals surface area contributed by atoms with Crippen molar-refractivity contribution in [3.8, 4) is 0 Å². The number of fused-ring (bicyclic) bond motifs is 1. The van der Waals surface area contributed by atoms with E-state index in [2.05, 4.69) is 0 Å². The van der Waals surface area contributed by atoms with Crippen LogP contribution in [0.5, 0.6) is 0 Å². The molecule has 0 aromatic heterocycles. The summed E-state index contributed by atoms with van der Waals surface area (Å²) in [5, 5.41) is 21.9. The minimum absolute atomic E-state index is 0.0474. The molecule has 0 amide bonds. The van der Waals surface area contributed by atoms with Gasteiger partial charge in [0.1, 0.15) is 24.9 Å². The van der Waals surface area contributed by atoms with Crippen LogP contribution < -0.4 is 0 Å². The van der Waals surface area contributed by atoms with Gasteiger partial charge in [-0.05, 0) is 23.5 Å². The topological polar surface area (TPSA) is 129 Å². The van der Waals surface area contributed by atoms with E-state index in [4.69, 9.17) is 18.9 Å². The van der Waals surface area contributed by atoms with E-state index in [0.717, 1.165) is 0 Å². The number of esters is 3. The minimum Gasteiger partial charge on any atom is -0.462 e. The van der Waals surface area contributed by atoms with Gasteiger partial charge >= 0.3 is 17.9 Å². The molecular weight excluding hydrogens is 408 g/mol. The summed E-state index contributed by atoms with van der Waals surface area (Å²) >= 11 is 0. The lowest BCUT2D eigenvalue weighted by Gasteiger charge is -2.39. The van der Waals surface area contributed by atoms with E-state index in [-0.39, 0.29) is 31.3 Å². The zero-order valence-electron chi connectivity index (χ0n) is 18.6. The largest absolute Gasteiger partial charge is 0.462 e. The van der Waals surface area contributed by atoms with Crippen molar-refractivity contribution < 1.29 is 43.5 Å². The zero-order valence-corrected chi connectivity index (χ0v) is 18.6. The Morgan fingerprint density at radius 2 is 1.71 bits per heavy atom. The third-order valence-corrected chi connectivity index (χ3v) is 5.00. The van der Waals surface area contributed by atoms with Gasteiger partial charge in [-0.25, -0.2) is 0 Å². The van der Waals surface area contributed by atoms with Crippen LogP contribution in [-0.4, -0.2) is 59.3 Å². The Morgan fingerprint density at radius 1 is 1.10 bits per heavy atom. The highest BCUT2D eigenvalue weighted by atomic mass is 16.7. The standard InChI is InChI=1S/C22H32O9/c1-12(2)6-18(25)30-11-22(27)17(24)8-16-15(9-28-14(5)23)10-29-21(20(16)22)31-19(26)7-13(3)4/h8,10,12-13,17,20-21,24,27H,6-7,9,11H2,1-5H3/t17-,20+,21-,22+/m0/s1. The molecule has 1 aliphatic heterocycles. The Balaban J connectivity index is 2.27. The maximum atomic E-state index is 12.2. The van der Waals surface area contributed by atoms with Crippen LogP contribution in [0.2, 0.25) is 0 Å². The molecule has 174 valence electrons. The second kappa shape index (κ2) is 10.3. The molecule has 0 saturated heterocycles. The van der Waals surface area contributed by atoms with E-state index in [0.29, 0.717) is 11.1 Å². The van der Waals surface area contributed by atoms with E-state index < -0.39 is 48.4 Å². The van der Waals surface area contributed by atoms with Crippen molar-refractivity contribution in [2.45, 2.75) is 65.5 Å². The molecule has 2 rings (SSSR count). The number of hydrogen-bond donors (Lipinski definition) is 2. The van der Waals surface area contributed by atoms with Crippen LogP contribution in [-0.2, 0) is 33.3 Å². The fourth-order valence-corrected chi connectivity index (χ4v) is 3.52. The van der Waals surface area contributed by atoms with Crippen molar-refractivity contribution in [2.75, 3.05) is 13.2 Å². The number of ether oxygens (including phenoxy) is 4. The molecule has 4 atom stereocenters. The highest BCUT2D eigenvalue weighted by Crippen LogP contribution is 2.45. The Bertz CT molecular complexity index is 752. The smallest absolute Gasteiger partial charge is 0.309 e. The van der Waals surface area contributed by atoms with Crippen molar-refractivity contribution in [3.05, 3.63) is 23.5 Å². The van der Waals surface area contributed by atoms with Crippen LogP contribution >= 0.6 is 0 Å². The van der Waals surface area contributed by atoms with Gasteiger partial charge in [0, 0.05) is 25.3 Å². The molecule has 0 aromatic rings. The first kappa shape index (κ1) is 24.9. The van der Waals surface area contributed by atoms with Crippen molar-refractivity contribution in [3.63, 3.8) is 0 Å². The first-order chi connectivity index (χ1) is 14.4. The lowest BCUT2D eigenvalue weighted by atomic mass is 9.82. The highest BCUT2D eigenvalue weighted by molar-refractivity contribution is 5.70. The monoisotopic (exact) mass is 440 g/mol. The van der Waals surface area contributed by atoms with Crippen LogP contribution in [0.15, 0.2) is 23.5 Å². The first-order valence-electron chi connectivity index (χ1n) is 10.4. The number of hydrogen-bond acceptors (Lipinski definition) is 9. The van der Waals surface area contributed by atoms with E-state index >= 15 is 0 Å².